The zero-order valence-electron chi connectivity index (χ0n) is 85.4. The molecule has 8 aliphatic rings. The molecular weight excluding hydrogens is 1450 g/mol. The Bertz CT molecular complexity index is 1360. The van der Waals surface area contributed by atoms with Crippen molar-refractivity contribution in [1.29, 1.82) is 0 Å². The van der Waals surface area contributed by atoms with Crippen molar-refractivity contribution in [3.8, 4) is 0 Å². The van der Waals surface area contributed by atoms with Crippen molar-refractivity contribution in [2.75, 3.05) is 0 Å². The van der Waals surface area contributed by atoms with Gasteiger partial charge in [0.05, 0.1) is 0 Å². The van der Waals surface area contributed by atoms with Gasteiger partial charge in [-0.2, -0.15) is 0 Å². The van der Waals surface area contributed by atoms with Crippen molar-refractivity contribution in [3.63, 3.8) is 0 Å². The zero-order chi connectivity index (χ0) is 85.4. The van der Waals surface area contributed by atoms with Crippen molar-refractivity contribution in [2.45, 2.75) is 770 Å². The molecule has 0 aromatic rings. The van der Waals surface area contributed by atoms with Crippen molar-refractivity contribution in [3.05, 3.63) is 0 Å². The maximum Gasteiger partial charge on any atom is -0.0297 e. The highest BCUT2D eigenvalue weighted by Gasteiger charge is 2.30. The van der Waals surface area contributed by atoms with E-state index in [4.69, 9.17) is 0 Å². The third-order valence-corrected chi connectivity index (χ3v) is 31.3. The first-order valence-electron chi connectivity index (χ1n) is 60.4. The molecule has 0 atom stereocenters. The molecule has 0 nitrogen and oxygen atoms in total. The highest BCUT2D eigenvalue weighted by molar-refractivity contribution is 4.83. The molecule has 8 rings (SSSR count). The minimum Gasteiger partial charge on any atom is -0.0533 e. The molecule has 0 aromatic carbocycles. The molecule has 8 fully saturated rings. The van der Waals surface area contributed by atoms with E-state index in [0.717, 1.165) is 5.41 Å². The number of rotatable bonds is 0. The summed E-state index contributed by atoms with van der Waals surface area (Å²) in [4.78, 5) is 0. The third-order valence-electron chi connectivity index (χ3n) is 31.3. The van der Waals surface area contributed by atoms with Gasteiger partial charge in [0.25, 0.3) is 0 Å². The molecule has 0 amide bonds. The van der Waals surface area contributed by atoms with E-state index in [2.05, 4.69) is 0 Å². The molecule has 8 saturated carbocycles. The second-order valence-electron chi connectivity index (χ2n) is 43.5. The van der Waals surface area contributed by atoms with Crippen LogP contribution in [0.4, 0.5) is 0 Å². The van der Waals surface area contributed by atoms with Gasteiger partial charge in [-0.05, 0) is 31.1 Å². The Kier molecular flexibility index (Phi) is 104. The summed E-state index contributed by atoms with van der Waals surface area (Å²) in [5.74, 6) is 0. The number of hydrogen-bond acceptors (Lipinski definition) is 0. The first kappa shape index (κ1) is 117. The maximum absolute atomic E-state index is 1.56. The van der Waals surface area contributed by atoms with Gasteiger partial charge in [0.15, 0.2) is 0 Å². The van der Waals surface area contributed by atoms with Crippen LogP contribution in [0.15, 0.2) is 0 Å². The van der Waals surface area contributed by atoms with Crippen LogP contribution in [0.5, 0.6) is 0 Å². The molecule has 0 aromatic heterocycles. The van der Waals surface area contributed by atoms with E-state index in [0.29, 0.717) is 0 Å². The van der Waals surface area contributed by atoms with Crippen LogP contribution >= 0.6 is 0 Å². The summed E-state index contributed by atoms with van der Waals surface area (Å²) >= 11 is 0. The van der Waals surface area contributed by atoms with Crippen LogP contribution in [0.25, 0.3) is 0 Å². The van der Waals surface area contributed by atoms with Crippen LogP contribution < -0.4 is 0 Å². The lowest BCUT2D eigenvalue weighted by Gasteiger charge is -2.38. The zero-order valence-corrected chi connectivity index (χ0v) is 85.4. The smallest absolute Gasteiger partial charge is 0.0297 e. The van der Waals surface area contributed by atoms with Gasteiger partial charge in [-0.15, -0.1) is 0 Å². The average Bonchev–Trinajstić information content (AvgIpc) is 0.853. The summed E-state index contributed by atoms with van der Waals surface area (Å²) in [5.41, 5.74) is 0.761. The quantitative estimate of drug-likeness (QED) is 0.227. The molecule has 0 aliphatic heterocycles. The van der Waals surface area contributed by atoms with Gasteiger partial charge in [-0.1, -0.05) is 745 Å². The lowest BCUT2D eigenvalue weighted by molar-refractivity contribution is 0.146. The van der Waals surface area contributed by atoms with E-state index in [1.807, 2.05) is 0 Å². The molecule has 8 aliphatic carbocycles. The maximum atomic E-state index is 1.56. The van der Waals surface area contributed by atoms with Gasteiger partial charge in [0.2, 0.25) is 0 Å². The Morgan fingerprint density at radius 3 is 0.124 bits per heavy atom. The fourth-order valence-corrected chi connectivity index (χ4v) is 22.5. The van der Waals surface area contributed by atoms with E-state index in [-0.39, 0.29) is 0 Å². The van der Waals surface area contributed by atoms with E-state index < -0.39 is 0 Å². The molecule has 724 valence electrons. The van der Waals surface area contributed by atoms with Gasteiger partial charge in [0.1, 0.15) is 0 Å². The Balaban J connectivity index is 0.000000525. The van der Waals surface area contributed by atoms with Crippen molar-refractivity contribution in [1.82, 2.24) is 0 Å². The van der Waals surface area contributed by atoms with Crippen molar-refractivity contribution >= 4 is 0 Å². The van der Waals surface area contributed by atoms with E-state index in [1.54, 1.807) is 25.7 Å². The standard InChI is InChI=1S/C37H72.C32H64.C18H36.C12H24.C10H20.2C6H12/c1-2-4-6-8-10-12-14-16-18-20-22-24-26-29-33-37(35-31-28-32-36-37)34-30-27-25-23-21-19-17-15-13-11-9-7-5-3-1;1-2-4-6-8-10-12-14-16-18-20-22-24-26-28-30-32-31-29-27-25-23-21-19-17-15-13-11-9-7-5-3-1;1-2-4-6-8-10-12-14-16-18-17-15-13-11-9-7-5-3-1;1-2-4-6-8-10-12-11-9-7-5-3-1;1-2-4-6-8-10-9-7-5-3-1;2*1-2-4-6-5-3-1/h1-36H2;1-32H2;1-18H2;1-12H2;1-10H2;2*1-6H2. The minimum absolute atomic E-state index is 0.761. The summed E-state index contributed by atoms with van der Waals surface area (Å²) in [6, 6.07) is 0. The second-order valence-corrected chi connectivity index (χ2v) is 43.5. The van der Waals surface area contributed by atoms with Crippen LogP contribution in [0, 0.1) is 5.41 Å². The summed E-state index contributed by atoms with van der Waals surface area (Å²) in [5, 5.41) is 0. The Hall–Kier alpha value is 0. The van der Waals surface area contributed by atoms with Gasteiger partial charge in [0, 0.05) is 0 Å². The predicted octanol–water partition coefficient (Wildman–Crippen LogP) is 46.8. The Morgan fingerprint density at radius 1 is 0.0413 bits per heavy atom. The summed E-state index contributed by atoms with van der Waals surface area (Å²) < 4.78 is 0. The average molecular weight is 1700 g/mol. The summed E-state index contributed by atoms with van der Waals surface area (Å²) in [6.45, 7) is 0. The molecular formula is C121H240. The van der Waals surface area contributed by atoms with E-state index in [9.17, 15) is 0 Å². The second kappa shape index (κ2) is 107. The van der Waals surface area contributed by atoms with E-state index in [1.165, 1.54) is 745 Å². The topological polar surface area (TPSA) is 0 Å². The number of hydrogen-bond donors (Lipinski definition) is 0. The van der Waals surface area contributed by atoms with Crippen molar-refractivity contribution < 1.29 is 0 Å². The highest BCUT2D eigenvalue weighted by Crippen LogP contribution is 2.45. The fraction of sp³-hybridized carbons (Fsp3) is 1.00. The molecule has 121 heavy (non-hydrogen) atoms. The van der Waals surface area contributed by atoms with Crippen molar-refractivity contribution in [2.24, 2.45) is 5.41 Å². The van der Waals surface area contributed by atoms with Gasteiger partial charge in [-0.25, -0.2) is 0 Å². The summed E-state index contributed by atoms with van der Waals surface area (Å²) in [7, 11) is 0. The SMILES string of the molecule is C1CCCCC1.C1CCCCC1.C1CCCCCCCCC1.C1CCCCCCCCCCC1.C1CCCCCCCCCCCCCCCC2(CCCCCCCCCCCCCCC1)CCCCC2.C1CCCCCCCCCCCCCCCCC1.C1CCCCCCCCCCCCCCCCCCCCCCCCCCCCCCC1. The lowest BCUT2D eigenvalue weighted by Crippen LogP contribution is -2.24. The largest absolute Gasteiger partial charge is 0.0533 e. The van der Waals surface area contributed by atoms with E-state index >= 15 is 0 Å². The first-order valence-corrected chi connectivity index (χ1v) is 60.4. The highest BCUT2D eigenvalue weighted by atomic mass is 14.4. The Morgan fingerprint density at radius 2 is 0.0744 bits per heavy atom. The minimum atomic E-state index is 0.761. The predicted molar refractivity (Wildman–Crippen MR) is 556 cm³/mol. The monoisotopic (exact) mass is 1690 g/mol. The Labute approximate surface area is 771 Å². The van der Waals surface area contributed by atoms with Crippen LogP contribution in [0.3, 0.4) is 0 Å². The normalized spacial score (nSPS) is 24.6. The van der Waals surface area contributed by atoms with Crippen LogP contribution in [0.2, 0.25) is 0 Å². The van der Waals surface area contributed by atoms with Gasteiger partial charge in [-0.3, -0.25) is 0 Å². The first-order chi connectivity index (χ1) is 60.4. The fourth-order valence-electron chi connectivity index (χ4n) is 22.5. The van der Waals surface area contributed by atoms with Crippen LogP contribution in [0.1, 0.15) is 770 Å². The van der Waals surface area contributed by atoms with Crippen LogP contribution in [-0.2, 0) is 0 Å². The van der Waals surface area contributed by atoms with Crippen LogP contribution in [-0.4, -0.2) is 0 Å². The van der Waals surface area contributed by atoms with Gasteiger partial charge >= 0.3 is 0 Å². The molecule has 0 heteroatoms. The lowest BCUT2D eigenvalue weighted by atomic mass is 9.68. The molecule has 0 saturated heterocycles. The molecule has 0 N–H and O–H groups in total. The molecule has 0 heterocycles. The summed E-state index contributed by atoms with van der Waals surface area (Å²) in [6.07, 6.45) is 180. The third kappa shape index (κ3) is 98.9. The molecule has 0 unspecified atom stereocenters. The molecule has 1 spiro atoms. The van der Waals surface area contributed by atoms with Gasteiger partial charge < -0.3 is 0 Å². The molecule has 0 bridgehead atoms. The molecule has 0 radical (unpaired) electrons.